The maximum atomic E-state index is 10.7. The number of hydrazone groups is 1. The Morgan fingerprint density at radius 3 is 2.10 bits per heavy atom. The third-order valence-electron chi connectivity index (χ3n) is 4.54. The van der Waals surface area contributed by atoms with E-state index in [1.54, 1.807) is 11.1 Å². The highest BCUT2D eigenvalue weighted by Gasteiger charge is 2.22. The normalized spacial score (nSPS) is 14.2. The van der Waals surface area contributed by atoms with Crippen LogP contribution in [0.15, 0.2) is 89.0 Å². The number of anilines is 1. The number of aliphatic imine (C=N–C) groups is 1. The van der Waals surface area contributed by atoms with Crippen molar-refractivity contribution in [2.45, 2.75) is 26.4 Å². The van der Waals surface area contributed by atoms with Crippen molar-refractivity contribution in [2.24, 2.45) is 10.1 Å². The van der Waals surface area contributed by atoms with Crippen LogP contribution in [0.4, 0.5) is 5.69 Å². The molecule has 1 heterocycles. The average Bonchev–Trinajstić information content (AvgIpc) is 2.73. The molecule has 4 rings (SSSR count). The summed E-state index contributed by atoms with van der Waals surface area (Å²) in [6.45, 7) is 6.37. The fraction of sp³-hybridized carbons (Fsp3) is 0.200. The van der Waals surface area contributed by atoms with E-state index in [1.165, 1.54) is 0 Å². The lowest BCUT2D eigenvalue weighted by Crippen LogP contribution is -2.32. The number of amidine groups is 1. The largest absolute Gasteiger partial charge is 0.506 e. The lowest BCUT2D eigenvalue weighted by Gasteiger charge is -2.27. The second-order valence-corrected chi connectivity index (χ2v) is 8.14. The van der Waals surface area contributed by atoms with Gasteiger partial charge in [-0.2, -0.15) is 5.10 Å². The molecule has 152 valence electrons. The third kappa shape index (κ3) is 4.51. The molecule has 0 unspecified atom stereocenters. The minimum atomic E-state index is -0.342. The summed E-state index contributed by atoms with van der Waals surface area (Å²) in [6, 6.07) is 25.2. The third-order valence-corrected chi connectivity index (χ3v) is 4.54. The van der Waals surface area contributed by atoms with Crippen LogP contribution in [-0.2, 0) is 0 Å². The van der Waals surface area contributed by atoms with Gasteiger partial charge in [0.2, 0.25) is 0 Å². The molecular formula is C25H25N3O2. The van der Waals surface area contributed by atoms with E-state index >= 15 is 0 Å². The zero-order chi connectivity index (χ0) is 21.1. The van der Waals surface area contributed by atoms with E-state index < -0.39 is 0 Å². The van der Waals surface area contributed by atoms with Crippen LogP contribution in [0.3, 0.4) is 0 Å². The van der Waals surface area contributed by atoms with Gasteiger partial charge in [0.15, 0.2) is 5.84 Å². The summed E-state index contributed by atoms with van der Waals surface area (Å²) in [5.41, 5.74) is 3.10. The average molecular weight is 399 g/mol. The minimum Gasteiger partial charge on any atom is -0.506 e. The molecule has 1 aliphatic heterocycles. The highest BCUT2D eigenvalue weighted by atomic mass is 16.5. The van der Waals surface area contributed by atoms with E-state index in [9.17, 15) is 5.11 Å². The van der Waals surface area contributed by atoms with E-state index in [4.69, 9.17) is 14.8 Å². The standard InChI is InChI=1S/C25H25N3O2/c1-25(2,3)30-20-14-15-22(23(29)16-20)28-17-21(18-10-6-4-7-11-18)26-24(27-28)19-12-8-5-9-13-19/h4-16,29H,17H2,1-3H3. The predicted molar refractivity (Wildman–Crippen MR) is 122 cm³/mol. The molecule has 3 aromatic carbocycles. The molecule has 0 spiro atoms. The zero-order valence-corrected chi connectivity index (χ0v) is 17.4. The maximum Gasteiger partial charge on any atom is 0.179 e. The number of phenols is 1. The maximum absolute atomic E-state index is 10.7. The number of nitrogens with zero attached hydrogens (tertiary/aromatic N) is 3. The summed E-state index contributed by atoms with van der Waals surface area (Å²) >= 11 is 0. The molecule has 0 bridgehead atoms. The van der Waals surface area contributed by atoms with Gasteiger partial charge in [0.25, 0.3) is 0 Å². The molecular weight excluding hydrogens is 374 g/mol. The fourth-order valence-electron chi connectivity index (χ4n) is 3.25. The number of hydrogen-bond donors (Lipinski definition) is 1. The van der Waals surface area contributed by atoms with Crippen LogP contribution in [0.2, 0.25) is 0 Å². The Kier molecular flexibility index (Phi) is 5.27. The summed E-state index contributed by atoms with van der Waals surface area (Å²) in [6.07, 6.45) is 0. The lowest BCUT2D eigenvalue weighted by atomic mass is 10.1. The molecule has 0 atom stereocenters. The molecule has 0 aromatic heterocycles. The molecule has 30 heavy (non-hydrogen) atoms. The van der Waals surface area contributed by atoms with Crippen molar-refractivity contribution in [1.82, 2.24) is 0 Å². The van der Waals surface area contributed by atoms with E-state index in [-0.39, 0.29) is 11.4 Å². The van der Waals surface area contributed by atoms with Crippen LogP contribution in [0.1, 0.15) is 31.9 Å². The van der Waals surface area contributed by atoms with Crippen molar-refractivity contribution < 1.29 is 9.84 Å². The van der Waals surface area contributed by atoms with Gasteiger partial charge in [-0.1, -0.05) is 60.7 Å². The Balaban J connectivity index is 1.73. The Bertz CT molecular complexity index is 1080. The summed E-state index contributed by atoms with van der Waals surface area (Å²) in [7, 11) is 0. The van der Waals surface area contributed by atoms with Gasteiger partial charge in [0.05, 0.1) is 12.3 Å². The molecule has 5 heteroatoms. The van der Waals surface area contributed by atoms with Gasteiger partial charge in [-0.15, -0.1) is 0 Å². The van der Waals surface area contributed by atoms with Gasteiger partial charge < -0.3 is 9.84 Å². The zero-order valence-electron chi connectivity index (χ0n) is 17.4. The summed E-state index contributed by atoms with van der Waals surface area (Å²) in [5.74, 6) is 1.34. The van der Waals surface area contributed by atoms with E-state index in [2.05, 4.69) is 0 Å². The molecule has 0 amide bonds. The topological polar surface area (TPSA) is 57.4 Å². The van der Waals surface area contributed by atoms with Gasteiger partial charge in [0.1, 0.15) is 22.8 Å². The molecule has 0 saturated heterocycles. The minimum absolute atomic E-state index is 0.113. The first-order valence-electron chi connectivity index (χ1n) is 9.96. The monoisotopic (exact) mass is 399 g/mol. The SMILES string of the molecule is CC(C)(C)Oc1ccc(N2CC(c3ccccc3)=NC(c3ccccc3)=N2)c(O)c1. The molecule has 5 nitrogen and oxygen atoms in total. The van der Waals surface area contributed by atoms with Gasteiger partial charge in [-0.3, -0.25) is 5.01 Å². The molecule has 0 aliphatic carbocycles. The molecule has 1 aliphatic rings. The molecule has 1 N–H and O–H groups in total. The summed E-state index contributed by atoms with van der Waals surface area (Å²) in [5, 5.41) is 17.2. The predicted octanol–water partition coefficient (Wildman–Crippen LogP) is 5.24. The van der Waals surface area contributed by atoms with E-state index in [0.29, 0.717) is 23.8 Å². The molecule has 0 saturated carbocycles. The van der Waals surface area contributed by atoms with Crippen molar-refractivity contribution >= 4 is 17.2 Å². The number of phenolic OH excluding ortho intramolecular Hbond substituents is 1. The van der Waals surface area contributed by atoms with Crippen LogP contribution in [-0.4, -0.2) is 28.8 Å². The van der Waals surface area contributed by atoms with Crippen molar-refractivity contribution in [3.05, 3.63) is 90.0 Å². The first-order valence-corrected chi connectivity index (χ1v) is 9.96. The van der Waals surface area contributed by atoms with Crippen molar-refractivity contribution in [2.75, 3.05) is 11.6 Å². The molecule has 0 fully saturated rings. The second kappa shape index (κ2) is 8.03. The van der Waals surface area contributed by atoms with Gasteiger partial charge in [0, 0.05) is 11.6 Å². The van der Waals surface area contributed by atoms with Crippen molar-refractivity contribution in [3.8, 4) is 11.5 Å². The Morgan fingerprint density at radius 2 is 1.50 bits per heavy atom. The molecule has 0 radical (unpaired) electrons. The summed E-state index contributed by atoms with van der Waals surface area (Å²) in [4.78, 5) is 4.81. The van der Waals surface area contributed by atoms with Crippen LogP contribution < -0.4 is 9.75 Å². The van der Waals surface area contributed by atoms with E-state index in [1.807, 2.05) is 93.6 Å². The lowest BCUT2D eigenvalue weighted by molar-refractivity contribution is 0.130. The van der Waals surface area contributed by atoms with Gasteiger partial charge in [-0.05, 0) is 38.5 Å². The van der Waals surface area contributed by atoms with Crippen molar-refractivity contribution in [3.63, 3.8) is 0 Å². The van der Waals surface area contributed by atoms with Gasteiger partial charge >= 0.3 is 0 Å². The first-order chi connectivity index (χ1) is 14.4. The molecule has 3 aromatic rings. The highest BCUT2D eigenvalue weighted by molar-refractivity contribution is 6.15. The van der Waals surface area contributed by atoms with Crippen LogP contribution in [0.5, 0.6) is 11.5 Å². The van der Waals surface area contributed by atoms with Crippen molar-refractivity contribution in [1.29, 1.82) is 0 Å². The number of hydrogen-bond acceptors (Lipinski definition) is 5. The van der Waals surface area contributed by atoms with Crippen LogP contribution in [0, 0.1) is 0 Å². The smallest absolute Gasteiger partial charge is 0.179 e. The summed E-state index contributed by atoms with van der Waals surface area (Å²) < 4.78 is 5.87. The van der Waals surface area contributed by atoms with Crippen LogP contribution >= 0.6 is 0 Å². The quantitative estimate of drug-likeness (QED) is 0.653. The Labute approximate surface area is 177 Å². The number of ether oxygens (including phenoxy) is 1. The number of rotatable bonds is 4. The number of aromatic hydroxyl groups is 1. The fourth-order valence-corrected chi connectivity index (χ4v) is 3.25. The van der Waals surface area contributed by atoms with E-state index in [0.717, 1.165) is 16.8 Å². The highest BCUT2D eigenvalue weighted by Crippen LogP contribution is 2.34. The van der Waals surface area contributed by atoms with Crippen LogP contribution in [0.25, 0.3) is 0 Å². The first kappa shape index (κ1) is 19.7. The second-order valence-electron chi connectivity index (χ2n) is 8.14. The van der Waals surface area contributed by atoms with Gasteiger partial charge in [-0.25, -0.2) is 4.99 Å². The Hall–Kier alpha value is -3.60. The Morgan fingerprint density at radius 1 is 0.867 bits per heavy atom. The number of benzene rings is 3.